The minimum atomic E-state index is 0.0317. The molecule has 3 rings (SSSR count). The van der Waals surface area contributed by atoms with Gasteiger partial charge in [0.15, 0.2) is 0 Å². The van der Waals surface area contributed by atoms with Crippen molar-refractivity contribution in [3.8, 4) is 0 Å². The van der Waals surface area contributed by atoms with Gasteiger partial charge in [-0.05, 0) is 49.5 Å². The number of amides is 1. The van der Waals surface area contributed by atoms with Crippen LogP contribution in [0.4, 0.5) is 5.00 Å². The minimum absolute atomic E-state index is 0.0317. The Balaban J connectivity index is 1.85. The number of anilines is 1. The molecule has 2 aliphatic carbocycles. The van der Waals surface area contributed by atoms with Gasteiger partial charge in [0.05, 0.1) is 10.6 Å². The Morgan fingerprint density at radius 3 is 2.80 bits per heavy atom. The van der Waals surface area contributed by atoms with E-state index in [4.69, 9.17) is 5.73 Å². The fourth-order valence-electron chi connectivity index (χ4n) is 3.89. The molecule has 1 aromatic rings. The number of hydrogen-bond acceptors (Lipinski definition) is 3. The summed E-state index contributed by atoms with van der Waals surface area (Å²) in [6, 6.07) is 0. The molecule has 1 heterocycles. The third-order valence-electron chi connectivity index (χ3n) is 4.99. The highest BCUT2D eigenvalue weighted by atomic mass is 32.1. The summed E-state index contributed by atoms with van der Waals surface area (Å²) in [6.45, 7) is 2.80. The lowest BCUT2D eigenvalue weighted by atomic mass is 9.72. The van der Waals surface area contributed by atoms with E-state index in [0.29, 0.717) is 5.41 Å². The first kappa shape index (κ1) is 13.9. The van der Waals surface area contributed by atoms with Crippen molar-refractivity contribution in [1.82, 2.24) is 5.32 Å². The van der Waals surface area contributed by atoms with Crippen LogP contribution in [0.25, 0.3) is 0 Å². The van der Waals surface area contributed by atoms with E-state index in [2.05, 4.69) is 12.2 Å². The largest absolute Gasteiger partial charge is 0.390 e. The van der Waals surface area contributed by atoms with Gasteiger partial charge in [-0.3, -0.25) is 4.79 Å². The van der Waals surface area contributed by atoms with E-state index in [1.807, 2.05) is 0 Å². The number of thiophene rings is 1. The van der Waals surface area contributed by atoms with Crippen molar-refractivity contribution in [3.05, 3.63) is 16.0 Å². The molecule has 1 saturated carbocycles. The van der Waals surface area contributed by atoms with Crippen molar-refractivity contribution in [2.24, 2.45) is 5.41 Å². The normalized spacial score (nSPS) is 20.1. The van der Waals surface area contributed by atoms with Gasteiger partial charge in [-0.15, -0.1) is 11.3 Å². The van der Waals surface area contributed by atoms with E-state index < -0.39 is 0 Å². The maximum Gasteiger partial charge on any atom is 0.254 e. The van der Waals surface area contributed by atoms with Crippen molar-refractivity contribution in [2.75, 3.05) is 12.3 Å². The molecule has 110 valence electrons. The number of rotatable bonds is 3. The van der Waals surface area contributed by atoms with E-state index >= 15 is 0 Å². The summed E-state index contributed by atoms with van der Waals surface area (Å²) in [5.41, 5.74) is 8.70. The van der Waals surface area contributed by atoms with Crippen LogP contribution in [0, 0.1) is 5.41 Å². The van der Waals surface area contributed by atoms with E-state index in [-0.39, 0.29) is 5.91 Å². The highest BCUT2D eigenvalue weighted by molar-refractivity contribution is 7.16. The fourth-order valence-corrected chi connectivity index (χ4v) is 5.18. The molecule has 1 fully saturated rings. The van der Waals surface area contributed by atoms with Crippen molar-refractivity contribution >= 4 is 22.2 Å². The van der Waals surface area contributed by atoms with E-state index in [0.717, 1.165) is 36.4 Å². The first-order valence-corrected chi connectivity index (χ1v) is 8.65. The Kier molecular flexibility index (Phi) is 3.76. The molecule has 3 nitrogen and oxygen atoms in total. The molecule has 1 spiro atoms. The van der Waals surface area contributed by atoms with Crippen LogP contribution in [0.15, 0.2) is 0 Å². The van der Waals surface area contributed by atoms with Gasteiger partial charge in [-0.25, -0.2) is 0 Å². The van der Waals surface area contributed by atoms with Crippen LogP contribution in [-0.4, -0.2) is 12.5 Å². The standard InChI is InChI=1S/C16H24N2OS/c1-2-9-18-15(19)13-11-5-8-16(6-3-4-7-16)10-12(11)20-14(13)17/h2-10,17H2,1H3,(H,18,19). The van der Waals surface area contributed by atoms with Gasteiger partial charge >= 0.3 is 0 Å². The average Bonchev–Trinajstić information content (AvgIpc) is 3.00. The van der Waals surface area contributed by atoms with Gasteiger partial charge in [-0.1, -0.05) is 19.8 Å². The number of carbonyl (C=O) groups is 1. The Morgan fingerprint density at radius 2 is 2.10 bits per heavy atom. The molecule has 0 aliphatic heterocycles. The molecule has 2 aliphatic rings. The summed E-state index contributed by atoms with van der Waals surface area (Å²) in [6.07, 6.45) is 9.87. The maximum atomic E-state index is 12.3. The van der Waals surface area contributed by atoms with Crippen LogP contribution in [0.5, 0.6) is 0 Å². The lowest BCUT2D eigenvalue weighted by Crippen LogP contribution is -2.28. The minimum Gasteiger partial charge on any atom is -0.390 e. The molecule has 20 heavy (non-hydrogen) atoms. The quantitative estimate of drug-likeness (QED) is 0.895. The van der Waals surface area contributed by atoms with Gasteiger partial charge in [0, 0.05) is 11.4 Å². The second kappa shape index (κ2) is 5.40. The van der Waals surface area contributed by atoms with Crippen LogP contribution < -0.4 is 11.1 Å². The maximum absolute atomic E-state index is 12.3. The zero-order chi connectivity index (χ0) is 14.2. The topological polar surface area (TPSA) is 55.1 Å². The van der Waals surface area contributed by atoms with Crippen molar-refractivity contribution in [1.29, 1.82) is 0 Å². The Morgan fingerprint density at radius 1 is 1.35 bits per heavy atom. The Labute approximate surface area is 124 Å². The van der Waals surface area contributed by atoms with Crippen molar-refractivity contribution in [2.45, 2.75) is 58.3 Å². The van der Waals surface area contributed by atoms with Crippen LogP contribution in [0.3, 0.4) is 0 Å². The van der Waals surface area contributed by atoms with Crippen molar-refractivity contribution < 1.29 is 4.79 Å². The number of carbonyl (C=O) groups excluding carboxylic acids is 1. The smallest absolute Gasteiger partial charge is 0.254 e. The summed E-state index contributed by atoms with van der Waals surface area (Å²) in [4.78, 5) is 13.7. The Hall–Kier alpha value is -1.03. The van der Waals surface area contributed by atoms with Gasteiger partial charge in [0.2, 0.25) is 0 Å². The van der Waals surface area contributed by atoms with Crippen LogP contribution >= 0.6 is 11.3 Å². The molecule has 0 bridgehead atoms. The van der Waals surface area contributed by atoms with Gasteiger partial charge in [-0.2, -0.15) is 0 Å². The number of nitrogens with two attached hydrogens (primary N) is 1. The molecule has 0 unspecified atom stereocenters. The van der Waals surface area contributed by atoms with Crippen LogP contribution in [-0.2, 0) is 12.8 Å². The lowest BCUT2D eigenvalue weighted by molar-refractivity contribution is 0.0953. The molecule has 0 saturated heterocycles. The fraction of sp³-hybridized carbons (Fsp3) is 0.688. The molecule has 1 aromatic heterocycles. The number of hydrogen-bond donors (Lipinski definition) is 2. The first-order valence-electron chi connectivity index (χ1n) is 7.83. The second-order valence-electron chi connectivity index (χ2n) is 6.38. The molecular formula is C16H24N2OS. The predicted molar refractivity (Wildman–Crippen MR) is 84.3 cm³/mol. The summed E-state index contributed by atoms with van der Waals surface area (Å²) in [5.74, 6) is 0.0317. The molecule has 1 amide bonds. The second-order valence-corrected chi connectivity index (χ2v) is 7.52. The summed E-state index contributed by atoms with van der Waals surface area (Å²) >= 11 is 1.66. The van der Waals surface area contributed by atoms with Gasteiger partial charge in [0.1, 0.15) is 0 Å². The monoisotopic (exact) mass is 292 g/mol. The van der Waals surface area contributed by atoms with Crippen LogP contribution in [0.2, 0.25) is 0 Å². The SMILES string of the molecule is CCCNC(=O)c1c(N)sc2c1CCC1(CCCC1)C2. The third kappa shape index (κ3) is 2.34. The third-order valence-corrected chi connectivity index (χ3v) is 6.05. The van der Waals surface area contributed by atoms with Gasteiger partial charge < -0.3 is 11.1 Å². The summed E-state index contributed by atoms with van der Waals surface area (Å²) in [5, 5.41) is 3.70. The van der Waals surface area contributed by atoms with Gasteiger partial charge in [0.25, 0.3) is 5.91 Å². The highest BCUT2D eigenvalue weighted by Crippen LogP contribution is 2.50. The zero-order valence-corrected chi connectivity index (χ0v) is 13.1. The number of nitrogens with one attached hydrogen (secondary N) is 1. The Bertz CT molecular complexity index is 515. The summed E-state index contributed by atoms with van der Waals surface area (Å²) < 4.78 is 0. The lowest BCUT2D eigenvalue weighted by Gasteiger charge is -2.33. The van der Waals surface area contributed by atoms with E-state index in [1.165, 1.54) is 42.5 Å². The molecule has 0 aromatic carbocycles. The molecule has 4 heteroatoms. The highest BCUT2D eigenvalue weighted by Gasteiger charge is 2.39. The molecule has 3 N–H and O–H groups in total. The average molecular weight is 292 g/mol. The summed E-state index contributed by atoms with van der Waals surface area (Å²) in [7, 11) is 0. The predicted octanol–water partition coefficient (Wildman–Crippen LogP) is 3.52. The zero-order valence-electron chi connectivity index (χ0n) is 12.3. The first-order chi connectivity index (χ1) is 9.65. The molecular weight excluding hydrogens is 268 g/mol. The van der Waals surface area contributed by atoms with Crippen molar-refractivity contribution in [3.63, 3.8) is 0 Å². The van der Waals surface area contributed by atoms with E-state index in [1.54, 1.807) is 11.3 Å². The molecule has 0 atom stereocenters. The van der Waals surface area contributed by atoms with Crippen LogP contribution in [0.1, 0.15) is 66.2 Å². The number of fused-ring (bicyclic) bond motifs is 1. The number of nitrogen functional groups attached to an aromatic ring is 1. The van der Waals surface area contributed by atoms with E-state index in [9.17, 15) is 4.79 Å². The molecule has 0 radical (unpaired) electrons.